The minimum absolute atomic E-state index is 0.146. The number of carbonyl (C=O) groups excluding carboxylic acids is 1. The van der Waals surface area contributed by atoms with Crippen LogP contribution in [-0.4, -0.2) is 64.3 Å². The average molecular weight is 374 g/mol. The SMILES string of the molecule is COc1cc(Nc2cc(C(=O)NCCN(C)C)ccn2)cc(OC)c1OC. The second kappa shape index (κ2) is 9.63. The van der Waals surface area contributed by atoms with E-state index in [2.05, 4.69) is 15.6 Å². The van der Waals surface area contributed by atoms with Gasteiger partial charge in [-0.2, -0.15) is 0 Å². The van der Waals surface area contributed by atoms with Crippen molar-refractivity contribution in [1.29, 1.82) is 0 Å². The molecule has 8 heteroatoms. The van der Waals surface area contributed by atoms with Gasteiger partial charge in [-0.25, -0.2) is 4.98 Å². The van der Waals surface area contributed by atoms with Crippen LogP contribution in [-0.2, 0) is 0 Å². The highest BCUT2D eigenvalue weighted by Gasteiger charge is 2.14. The van der Waals surface area contributed by atoms with Gasteiger partial charge in [-0.15, -0.1) is 0 Å². The number of hydrogen-bond donors (Lipinski definition) is 2. The van der Waals surface area contributed by atoms with Crippen molar-refractivity contribution in [3.05, 3.63) is 36.0 Å². The zero-order chi connectivity index (χ0) is 19.8. The molecule has 1 amide bonds. The van der Waals surface area contributed by atoms with Crippen LogP contribution in [0.5, 0.6) is 17.2 Å². The van der Waals surface area contributed by atoms with Gasteiger partial charge in [0.1, 0.15) is 5.82 Å². The number of hydrogen-bond acceptors (Lipinski definition) is 7. The number of nitrogens with one attached hydrogen (secondary N) is 2. The number of ether oxygens (including phenoxy) is 3. The largest absolute Gasteiger partial charge is 0.493 e. The molecule has 0 fully saturated rings. The van der Waals surface area contributed by atoms with E-state index in [0.29, 0.717) is 40.9 Å². The van der Waals surface area contributed by atoms with E-state index in [-0.39, 0.29) is 5.91 Å². The number of carbonyl (C=O) groups is 1. The van der Waals surface area contributed by atoms with Gasteiger partial charge in [0, 0.05) is 42.7 Å². The van der Waals surface area contributed by atoms with Gasteiger partial charge in [0.2, 0.25) is 5.75 Å². The van der Waals surface area contributed by atoms with Crippen LogP contribution in [0.25, 0.3) is 0 Å². The van der Waals surface area contributed by atoms with E-state index in [0.717, 1.165) is 6.54 Å². The maximum Gasteiger partial charge on any atom is 0.251 e. The van der Waals surface area contributed by atoms with E-state index in [1.165, 1.54) is 0 Å². The van der Waals surface area contributed by atoms with Crippen LogP contribution in [0.2, 0.25) is 0 Å². The lowest BCUT2D eigenvalue weighted by Gasteiger charge is -2.15. The molecule has 2 aromatic rings. The van der Waals surface area contributed by atoms with Crippen LogP contribution >= 0.6 is 0 Å². The molecule has 0 saturated carbocycles. The number of rotatable bonds is 9. The number of benzene rings is 1. The zero-order valence-corrected chi connectivity index (χ0v) is 16.3. The Labute approximate surface area is 159 Å². The van der Waals surface area contributed by atoms with Gasteiger partial charge in [-0.05, 0) is 26.2 Å². The quantitative estimate of drug-likeness (QED) is 0.696. The van der Waals surface area contributed by atoms with Gasteiger partial charge in [-0.3, -0.25) is 4.79 Å². The lowest BCUT2D eigenvalue weighted by molar-refractivity contribution is 0.0951. The summed E-state index contributed by atoms with van der Waals surface area (Å²) in [6.45, 7) is 1.34. The zero-order valence-electron chi connectivity index (χ0n) is 16.3. The van der Waals surface area contributed by atoms with Crippen LogP contribution in [0.1, 0.15) is 10.4 Å². The molecule has 27 heavy (non-hydrogen) atoms. The molecular formula is C19H26N4O4. The highest BCUT2D eigenvalue weighted by Crippen LogP contribution is 2.40. The first-order valence-electron chi connectivity index (χ1n) is 8.44. The number of anilines is 2. The van der Waals surface area contributed by atoms with Crippen LogP contribution in [0.15, 0.2) is 30.5 Å². The second-order valence-corrected chi connectivity index (χ2v) is 6.03. The summed E-state index contributed by atoms with van der Waals surface area (Å²) in [5, 5.41) is 6.04. The number of nitrogens with zero attached hydrogens (tertiary/aromatic N) is 2. The van der Waals surface area contributed by atoms with Crippen LogP contribution in [0.3, 0.4) is 0 Å². The van der Waals surface area contributed by atoms with Crippen molar-refractivity contribution in [2.24, 2.45) is 0 Å². The van der Waals surface area contributed by atoms with Gasteiger partial charge in [0.25, 0.3) is 5.91 Å². The van der Waals surface area contributed by atoms with E-state index in [1.807, 2.05) is 19.0 Å². The molecule has 0 radical (unpaired) electrons. The fraction of sp³-hybridized carbons (Fsp3) is 0.368. The van der Waals surface area contributed by atoms with E-state index in [4.69, 9.17) is 14.2 Å². The summed E-state index contributed by atoms with van der Waals surface area (Å²) in [6.07, 6.45) is 1.58. The predicted molar refractivity (Wildman–Crippen MR) is 105 cm³/mol. The Balaban J connectivity index is 2.17. The molecule has 0 bridgehead atoms. The Morgan fingerprint density at radius 1 is 1.07 bits per heavy atom. The molecule has 2 rings (SSSR count). The van der Waals surface area contributed by atoms with E-state index in [9.17, 15) is 4.79 Å². The molecule has 0 aliphatic carbocycles. The Bertz CT molecular complexity index is 755. The molecule has 0 unspecified atom stereocenters. The van der Waals surface area contributed by atoms with Gasteiger partial charge >= 0.3 is 0 Å². The lowest BCUT2D eigenvalue weighted by atomic mass is 10.2. The van der Waals surface area contributed by atoms with E-state index in [1.54, 1.807) is 51.8 Å². The maximum atomic E-state index is 12.3. The maximum absolute atomic E-state index is 12.3. The number of aromatic nitrogens is 1. The van der Waals surface area contributed by atoms with Crippen LogP contribution < -0.4 is 24.8 Å². The Hall–Kier alpha value is -3.00. The van der Waals surface area contributed by atoms with Crippen molar-refractivity contribution < 1.29 is 19.0 Å². The third-order valence-corrected chi connectivity index (χ3v) is 3.80. The number of pyridine rings is 1. The summed E-state index contributed by atoms with van der Waals surface area (Å²) in [5.41, 5.74) is 1.22. The molecule has 0 spiro atoms. The van der Waals surface area contributed by atoms with E-state index >= 15 is 0 Å². The van der Waals surface area contributed by atoms with Gasteiger partial charge < -0.3 is 29.7 Å². The molecule has 1 heterocycles. The third kappa shape index (κ3) is 5.49. The highest BCUT2D eigenvalue weighted by atomic mass is 16.5. The summed E-state index contributed by atoms with van der Waals surface area (Å²) in [6, 6.07) is 6.90. The van der Waals surface area contributed by atoms with Crippen molar-refractivity contribution in [2.45, 2.75) is 0 Å². The molecule has 2 N–H and O–H groups in total. The molecule has 146 valence electrons. The molecule has 0 atom stereocenters. The Morgan fingerprint density at radius 3 is 2.30 bits per heavy atom. The summed E-state index contributed by atoms with van der Waals surface area (Å²) in [4.78, 5) is 18.5. The van der Waals surface area contributed by atoms with Crippen molar-refractivity contribution in [3.63, 3.8) is 0 Å². The first-order chi connectivity index (χ1) is 13.0. The summed E-state index contributed by atoms with van der Waals surface area (Å²) in [7, 11) is 8.57. The smallest absolute Gasteiger partial charge is 0.251 e. The number of likely N-dealkylation sites (N-methyl/N-ethyl adjacent to an activating group) is 1. The van der Waals surface area contributed by atoms with Gasteiger partial charge in [-0.1, -0.05) is 0 Å². The van der Waals surface area contributed by atoms with Gasteiger partial charge in [0.15, 0.2) is 11.5 Å². The summed E-state index contributed by atoms with van der Waals surface area (Å²) in [5.74, 6) is 1.94. The fourth-order valence-corrected chi connectivity index (χ4v) is 2.44. The molecule has 1 aromatic carbocycles. The monoisotopic (exact) mass is 374 g/mol. The molecular weight excluding hydrogens is 348 g/mol. The van der Waals surface area contributed by atoms with Crippen LogP contribution in [0, 0.1) is 0 Å². The molecule has 0 saturated heterocycles. The van der Waals surface area contributed by atoms with Crippen molar-refractivity contribution >= 4 is 17.4 Å². The predicted octanol–water partition coefficient (Wildman–Crippen LogP) is 2.14. The molecule has 0 aliphatic heterocycles. The molecule has 1 aromatic heterocycles. The molecule has 8 nitrogen and oxygen atoms in total. The average Bonchev–Trinajstić information content (AvgIpc) is 2.66. The van der Waals surface area contributed by atoms with Crippen molar-refractivity contribution in [1.82, 2.24) is 15.2 Å². The van der Waals surface area contributed by atoms with E-state index < -0.39 is 0 Å². The fourth-order valence-electron chi connectivity index (χ4n) is 2.44. The van der Waals surface area contributed by atoms with Crippen molar-refractivity contribution in [2.75, 3.05) is 53.8 Å². The minimum atomic E-state index is -0.146. The number of amides is 1. The topological polar surface area (TPSA) is 85.0 Å². The van der Waals surface area contributed by atoms with Crippen molar-refractivity contribution in [3.8, 4) is 17.2 Å². The first-order valence-corrected chi connectivity index (χ1v) is 8.44. The van der Waals surface area contributed by atoms with Crippen LogP contribution in [0.4, 0.5) is 11.5 Å². The first kappa shape index (κ1) is 20.3. The second-order valence-electron chi connectivity index (χ2n) is 6.03. The summed E-state index contributed by atoms with van der Waals surface area (Å²) < 4.78 is 16.0. The lowest BCUT2D eigenvalue weighted by Crippen LogP contribution is -2.31. The highest BCUT2D eigenvalue weighted by molar-refractivity contribution is 5.94. The third-order valence-electron chi connectivity index (χ3n) is 3.80. The standard InChI is InChI=1S/C19H26N4O4/c1-23(2)9-8-21-19(24)13-6-7-20-17(10-13)22-14-11-15(25-3)18(27-5)16(12-14)26-4/h6-7,10-12H,8-9H2,1-5H3,(H,20,22)(H,21,24). The Kier molecular flexibility index (Phi) is 7.25. The van der Waals surface area contributed by atoms with Gasteiger partial charge in [0.05, 0.1) is 21.3 Å². The summed E-state index contributed by atoms with van der Waals surface area (Å²) >= 11 is 0. The Morgan fingerprint density at radius 2 is 1.74 bits per heavy atom. The minimum Gasteiger partial charge on any atom is -0.493 e. The molecule has 0 aliphatic rings. The normalized spacial score (nSPS) is 10.4. The number of methoxy groups -OCH3 is 3.